The molecule has 0 aliphatic carbocycles. The van der Waals surface area contributed by atoms with Crippen LogP contribution in [0.2, 0.25) is 0 Å². The number of phenolic OH excluding ortho intramolecular Hbond substituents is 1. The SMILES string of the molecule is COC(=O)Cn1c(=O)c(C(=O)COC(=O)c2ccc(O)cc2)c(N)n(Cc2ccccc2)c1=O. The number of hydrogen-bond donors (Lipinski definition) is 2. The van der Waals surface area contributed by atoms with Crippen LogP contribution < -0.4 is 17.0 Å². The molecule has 2 aromatic carbocycles. The lowest BCUT2D eigenvalue weighted by Crippen LogP contribution is -2.46. The zero-order valence-electron chi connectivity index (χ0n) is 18.1. The zero-order chi connectivity index (χ0) is 24.8. The summed E-state index contributed by atoms with van der Waals surface area (Å²) in [6.07, 6.45) is 0. The molecule has 0 unspecified atom stereocenters. The van der Waals surface area contributed by atoms with Crippen LogP contribution in [0.5, 0.6) is 5.75 Å². The van der Waals surface area contributed by atoms with E-state index in [4.69, 9.17) is 10.5 Å². The molecular formula is C23H21N3O8. The molecule has 0 aliphatic heterocycles. The Morgan fingerprint density at radius 3 is 2.24 bits per heavy atom. The van der Waals surface area contributed by atoms with Crippen LogP contribution in [0.25, 0.3) is 0 Å². The van der Waals surface area contributed by atoms with Gasteiger partial charge in [0, 0.05) is 0 Å². The van der Waals surface area contributed by atoms with E-state index in [9.17, 15) is 29.1 Å². The first-order valence-electron chi connectivity index (χ1n) is 9.96. The van der Waals surface area contributed by atoms with Crippen molar-refractivity contribution < 1.29 is 29.0 Å². The first kappa shape index (κ1) is 24.0. The number of esters is 2. The van der Waals surface area contributed by atoms with Crippen molar-refractivity contribution in [1.29, 1.82) is 0 Å². The van der Waals surface area contributed by atoms with Gasteiger partial charge in [-0.3, -0.25) is 19.0 Å². The minimum Gasteiger partial charge on any atom is -0.508 e. The number of rotatable bonds is 8. The van der Waals surface area contributed by atoms with Gasteiger partial charge in [-0.25, -0.2) is 14.2 Å². The molecule has 1 heterocycles. The third-order valence-corrected chi connectivity index (χ3v) is 4.88. The smallest absolute Gasteiger partial charge is 0.338 e. The lowest BCUT2D eigenvalue weighted by molar-refractivity contribution is -0.141. The standard InChI is InChI=1S/C23H21N3O8/c1-33-18(29)12-26-21(30)19(17(28)13-34-22(31)15-7-9-16(27)10-8-15)20(24)25(23(26)32)11-14-5-3-2-4-6-14/h2-10,27H,11-13,24H2,1H3. The van der Waals surface area contributed by atoms with Crippen LogP contribution in [0.1, 0.15) is 26.3 Å². The number of methoxy groups -OCH3 is 1. The highest BCUT2D eigenvalue weighted by Crippen LogP contribution is 2.12. The van der Waals surface area contributed by atoms with Gasteiger partial charge in [-0.1, -0.05) is 30.3 Å². The highest BCUT2D eigenvalue weighted by molar-refractivity contribution is 6.02. The second-order valence-electron chi connectivity index (χ2n) is 7.13. The minimum atomic E-state index is -1.11. The van der Waals surface area contributed by atoms with Gasteiger partial charge in [-0.05, 0) is 29.8 Å². The fraction of sp³-hybridized carbons (Fsp3) is 0.174. The maximum absolute atomic E-state index is 12.9. The number of nitrogens with zero attached hydrogens (tertiary/aromatic N) is 2. The second kappa shape index (κ2) is 10.3. The Hall–Kier alpha value is -4.67. The monoisotopic (exact) mass is 467 g/mol. The molecule has 0 saturated heterocycles. The van der Waals surface area contributed by atoms with Gasteiger partial charge in [0.15, 0.2) is 6.61 Å². The molecule has 1 aromatic heterocycles. The van der Waals surface area contributed by atoms with Crippen molar-refractivity contribution in [3.63, 3.8) is 0 Å². The second-order valence-corrected chi connectivity index (χ2v) is 7.13. The van der Waals surface area contributed by atoms with Crippen LogP contribution in [-0.2, 0) is 27.4 Å². The van der Waals surface area contributed by atoms with Gasteiger partial charge < -0.3 is 20.3 Å². The zero-order valence-corrected chi connectivity index (χ0v) is 18.1. The van der Waals surface area contributed by atoms with E-state index in [0.29, 0.717) is 10.1 Å². The molecule has 0 radical (unpaired) electrons. The number of nitrogen functional groups attached to an aromatic ring is 1. The molecule has 11 nitrogen and oxygen atoms in total. The van der Waals surface area contributed by atoms with E-state index in [0.717, 1.165) is 11.7 Å². The normalized spacial score (nSPS) is 10.5. The summed E-state index contributed by atoms with van der Waals surface area (Å²) in [4.78, 5) is 62.7. The van der Waals surface area contributed by atoms with Crippen molar-refractivity contribution in [3.05, 3.63) is 92.1 Å². The molecule has 0 spiro atoms. The molecule has 0 fully saturated rings. The van der Waals surface area contributed by atoms with Gasteiger partial charge in [-0.2, -0.15) is 0 Å². The van der Waals surface area contributed by atoms with Crippen molar-refractivity contribution in [2.24, 2.45) is 0 Å². The molecule has 0 aliphatic rings. The Bertz CT molecular complexity index is 1340. The molecule has 11 heteroatoms. The van der Waals surface area contributed by atoms with Gasteiger partial charge in [0.05, 0.1) is 19.2 Å². The van der Waals surface area contributed by atoms with E-state index in [1.807, 2.05) is 0 Å². The molecule has 3 N–H and O–H groups in total. The molecule has 3 aromatic rings. The Labute approximate surface area is 192 Å². The number of aromatic hydroxyl groups is 1. The predicted octanol–water partition coefficient (Wildman–Crippen LogP) is 0.559. The average molecular weight is 467 g/mol. The van der Waals surface area contributed by atoms with Crippen molar-refractivity contribution in [2.45, 2.75) is 13.1 Å². The van der Waals surface area contributed by atoms with E-state index >= 15 is 0 Å². The molecule has 0 bridgehead atoms. The third kappa shape index (κ3) is 5.21. The molecule has 176 valence electrons. The number of aromatic nitrogens is 2. The van der Waals surface area contributed by atoms with Gasteiger partial charge in [-0.15, -0.1) is 0 Å². The van der Waals surface area contributed by atoms with E-state index in [2.05, 4.69) is 4.74 Å². The van der Waals surface area contributed by atoms with Crippen LogP contribution in [0.15, 0.2) is 64.2 Å². The first-order valence-corrected chi connectivity index (χ1v) is 9.96. The number of phenols is 1. The Kier molecular flexibility index (Phi) is 7.26. The van der Waals surface area contributed by atoms with Gasteiger partial charge in [0.1, 0.15) is 23.7 Å². The third-order valence-electron chi connectivity index (χ3n) is 4.88. The predicted molar refractivity (Wildman–Crippen MR) is 120 cm³/mol. The van der Waals surface area contributed by atoms with E-state index in [-0.39, 0.29) is 17.9 Å². The number of benzene rings is 2. The molecule has 0 atom stereocenters. The summed E-state index contributed by atoms with van der Waals surface area (Å²) < 4.78 is 11.0. The number of anilines is 1. The summed E-state index contributed by atoms with van der Waals surface area (Å²) in [5, 5.41) is 9.31. The topological polar surface area (TPSA) is 160 Å². The summed E-state index contributed by atoms with van der Waals surface area (Å²) in [6, 6.07) is 13.8. The maximum Gasteiger partial charge on any atom is 0.338 e. The first-order chi connectivity index (χ1) is 16.2. The number of Topliss-reactive ketones (excluding diaryl/α,β-unsaturated/α-hetero) is 1. The summed E-state index contributed by atoms with van der Waals surface area (Å²) in [5.41, 5.74) is 4.14. The molecule has 0 amide bonds. The van der Waals surface area contributed by atoms with E-state index < -0.39 is 53.5 Å². The highest BCUT2D eigenvalue weighted by Gasteiger charge is 2.25. The van der Waals surface area contributed by atoms with Gasteiger partial charge in [0.2, 0.25) is 5.78 Å². The minimum absolute atomic E-state index is 0.0628. The fourth-order valence-corrected chi connectivity index (χ4v) is 3.11. The molecule has 3 rings (SSSR count). The van der Waals surface area contributed by atoms with Gasteiger partial charge >= 0.3 is 17.6 Å². The highest BCUT2D eigenvalue weighted by atomic mass is 16.5. The van der Waals surface area contributed by atoms with Crippen molar-refractivity contribution in [3.8, 4) is 5.75 Å². The van der Waals surface area contributed by atoms with Crippen LogP contribution in [0, 0.1) is 0 Å². The quantitative estimate of drug-likeness (QED) is 0.356. The lowest BCUT2D eigenvalue weighted by atomic mass is 10.1. The van der Waals surface area contributed by atoms with E-state index in [1.54, 1.807) is 30.3 Å². The Morgan fingerprint density at radius 1 is 0.971 bits per heavy atom. The Morgan fingerprint density at radius 2 is 1.62 bits per heavy atom. The lowest BCUT2D eigenvalue weighted by Gasteiger charge is -2.16. The largest absolute Gasteiger partial charge is 0.508 e. The maximum atomic E-state index is 12.9. The number of carbonyl (C=O) groups excluding carboxylic acids is 3. The number of carbonyl (C=O) groups is 3. The summed E-state index contributed by atoms with van der Waals surface area (Å²) >= 11 is 0. The van der Waals surface area contributed by atoms with Crippen LogP contribution in [-0.4, -0.2) is 45.7 Å². The van der Waals surface area contributed by atoms with Crippen LogP contribution in [0.3, 0.4) is 0 Å². The van der Waals surface area contributed by atoms with E-state index in [1.165, 1.54) is 24.3 Å². The van der Waals surface area contributed by atoms with Crippen molar-refractivity contribution in [2.75, 3.05) is 19.5 Å². The van der Waals surface area contributed by atoms with Gasteiger partial charge in [0.25, 0.3) is 5.56 Å². The summed E-state index contributed by atoms with van der Waals surface area (Å²) in [5.74, 6) is -3.21. The molecular weight excluding hydrogens is 446 g/mol. The molecule has 34 heavy (non-hydrogen) atoms. The number of ether oxygens (including phenoxy) is 2. The number of hydrogen-bond acceptors (Lipinski definition) is 9. The fourth-order valence-electron chi connectivity index (χ4n) is 3.11. The number of nitrogens with two attached hydrogens (primary N) is 1. The summed E-state index contributed by atoms with van der Waals surface area (Å²) in [7, 11) is 1.09. The van der Waals surface area contributed by atoms with Crippen LogP contribution >= 0.6 is 0 Å². The molecule has 0 saturated carbocycles. The summed E-state index contributed by atoms with van der Waals surface area (Å²) in [6.45, 7) is -1.67. The Balaban J connectivity index is 1.98. The van der Waals surface area contributed by atoms with Crippen LogP contribution in [0.4, 0.5) is 5.82 Å². The average Bonchev–Trinajstić information content (AvgIpc) is 2.84. The van der Waals surface area contributed by atoms with Crippen molar-refractivity contribution >= 4 is 23.5 Å². The van der Waals surface area contributed by atoms with Crippen molar-refractivity contribution in [1.82, 2.24) is 9.13 Å². The number of ketones is 1.